The molecule has 24 heavy (non-hydrogen) atoms. The Hall–Kier alpha value is -2.69. The number of carbonyl (C=O) groups excluding carboxylic acids is 1. The van der Waals surface area contributed by atoms with Crippen LogP contribution in [0.25, 0.3) is 0 Å². The molecule has 2 aromatic rings. The minimum atomic E-state index is -0.0689. The summed E-state index contributed by atoms with van der Waals surface area (Å²) in [6.07, 6.45) is 0.661. The second-order valence-electron chi connectivity index (χ2n) is 5.35. The van der Waals surface area contributed by atoms with Gasteiger partial charge < -0.3 is 19.5 Å². The largest absolute Gasteiger partial charge is 0.493 e. The van der Waals surface area contributed by atoms with Gasteiger partial charge in [0.15, 0.2) is 11.5 Å². The van der Waals surface area contributed by atoms with Gasteiger partial charge in [0.2, 0.25) is 5.75 Å². The number of aryl methyl sites for hydroxylation is 1. The van der Waals surface area contributed by atoms with Crippen molar-refractivity contribution in [2.45, 2.75) is 13.3 Å². The van der Waals surface area contributed by atoms with Crippen LogP contribution in [0.5, 0.6) is 17.2 Å². The molecule has 1 amide bonds. The lowest BCUT2D eigenvalue weighted by Crippen LogP contribution is -2.26. The van der Waals surface area contributed by atoms with Gasteiger partial charge in [-0.2, -0.15) is 0 Å². The third kappa shape index (κ3) is 3.98. The zero-order valence-corrected chi connectivity index (χ0v) is 14.5. The predicted molar refractivity (Wildman–Crippen MR) is 93.3 cm³/mol. The highest BCUT2D eigenvalue weighted by molar-refractivity contribution is 5.95. The van der Waals surface area contributed by atoms with Gasteiger partial charge in [-0.3, -0.25) is 4.79 Å². The van der Waals surface area contributed by atoms with Crippen LogP contribution in [-0.2, 0) is 6.42 Å². The SMILES string of the molecule is COc1cc(CCNC(=O)c2ccccc2C)cc(OC)c1OC. The monoisotopic (exact) mass is 329 g/mol. The van der Waals surface area contributed by atoms with Gasteiger partial charge in [-0.1, -0.05) is 18.2 Å². The van der Waals surface area contributed by atoms with E-state index in [1.54, 1.807) is 21.3 Å². The summed E-state index contributed by atoms with van der Waals surface area (Å²) >= 11 is 0. The average molecular weight is 329 g/mol. The van der Waals surface area contributed by atoms with Crippen molar-refractivity contribution in [3.63, 3.8) is 0 Å². The number of methoxy groups -OCH3 is 3. The molecule has 0 unspecified atom stereocenters. The Kier molecular flexibility index (Phi) is 6.07. The summed E-state index contributed by atoms with van der Waals surface area (Å²) in [4.78, 5) is 12.2. The third-order valence-corrected chi connectivity index (χ3v) is 3.81. The topological polar surface area (TPSA) is 56.8 Å². The van der Waals surface area contributed by atoms with Crippen LogP contribution < -0.4 is 19.5 Å². The minimum absolute atomic E-state index is 0.0689. The zero-order valence-electron chi connectivity index (χ0n) is 14.5. The number of rotatable bonds is 7. The van der Waals surface area contributed by atoms with Crippen molar-refractivity contribution in [3.8, 4) is 17.2 Å². The van der Waals surface area contributed by atoms with E-state index in [1.165, 1.54) is 0 Å². The van der Waals surface area contributed by atoms with Crippen LogP contribution in [0.15, 0.2) is 36.4 Å². The van der Waals surface area contributed by atoms with Gasteiger partial charge in [0.25, 0.3) is 5.91 Å². The first-order valence-electron chi connectivity index (χ1n) is 7.73. The summed E-state index contributed by atoms with van der Waals surface area (Å²) in [7, 11) is 4.74. The average Bonchev–Trinajstić information content (AvgIpc) is 2.60. The molecular weight excluding hydrogens is 306 g/mol. The van der Waals surface area contributed by atoms with Crippen LogP contribution in [0.4, 0.5) is 0 Å². The zero-order chi connectivity index (χ0) is 17.5. The van der Waals surface area contributed by atoms with Crippen LogP contribution in [0.1, 0.15) is 21.5 Å². The molecule has 5 heteroatoms. The Morgan fingerprint density at radius 1 is 1.00 bits per heavy atom. The Morgan fingerprint density at radius 2 is 1.62 bits per heavy atom. The van der Waals surface area contributed by atoms with Gasteiger partial charge in [0.1, 0.15) is 0 Å². The number of hydrogen-bond donors (Lipinski definition) is 1. The van der Waals surface area contributed by atoms with E-state index in [-0.39, 0.29) is 5.91 Å². The first kappa shape index (κ1) is 17.7. The Labute approximate surface area is 142 Å². The molecule has 0 aromatic heterocycles. The number of benzene rings is 2. The van der Waals surface area contributed by atoms with E-state index in [0.29, 0.717) is 35.8 Å². The van der Waals surface area contributed by atoms with Crippen LogP contribution in [0.3, 0.4) is 0 Å². The molecule has 0 radical (unpaired) electrons. The van der Waals surface area contributed by atoms with Crippen molar-refractivity contribution in [2.24, 2.45) is 0 Å². The maximum atomic E-state index is 12.2. The lowest BCUT2D eigenvalue weighted by molar-refractivity contribution is 0.0953. The summed E-state index contributed by atoms with van der Waals surface area (Å²) in [5.41, 5.74) is 2.65. The van der Waals surface area contributed by atoms with E-state index in [2.05, 4.69) is 5.32 Å². The summed E-state index contributed by atoms with van der Waals surface area (Å²) in [6.45, 7) is 2.44. The molecule has 0 aliphatic heterocycles. The molecule has 0 spiro atoms. The quantitative estimate of drug-likeness (QED) is 0.848. The second kappa shape index (κ2) is 8.24. The molecule has 0 bridgehead atoms. The smallest absolute Gasteiger partial charge is 0.251 e. The molecule has 0 aliphatic carbocycles. The first-order valence-corrected chi connectivity index (χ1v) is 7.73. The molecule has 0 aliphatic rings. The van der Waals surface area contributed by atoms with Crippen molar-refractivity contribution >= 4 is 5.91 Å². The molecule has 128 valence electrons. The van der Waals surface area contributed by atoms with Crippen LogP contribution in [0, 0.1) is 6.92 Å². The van der Waals surface area contributed by atoms with Crippen molar-refractivity contribution in [1.82, 2.24) is 5.32 Å². The maximum absolute atomic E-state index is 12.2. The summed E-state index contributed by atoms with van der Waals surface area (Å²) in [6, 6.07) is 11.3. The minimum Gasteiger partial charge on any atom is -0.493 e. The molecule has 0 fully saturated rings. The van der Waals surface area contributed by atoms with E-state index in [4.69, 9.17) is 14.2 Å². The standard InChI is InChI=1S/C19H23NO4/c1-13-7-5-6-8-15(13)19(21)20-10-9-14-11-16(22-2)18(24-4)17(12-14)23-3/h5-8,11-12H,9-10H2,1-4H3,(H,20,21). The van der Waals surface area contributed by atoms with E-state index in [9.17, 15) is 4.79 Å². The number of hydrogen-bond acceptors (Lipinski definition) is 4. The molecule has 0 saturated heterocycles. The number of nitrogens with one attached hydrogen (secondary N) is 1. The predicted octanol–water partition coefficient (Wildman–Crippen LogP) is 2.99. The van der Waals surface area contributed by atoms with Gasteiger partial charge in [-0.25, -0.2) is 0 Å². The molecule has 2 aromatic carbocycles. The van der Waals surface area contributed by atoms with Gasteiger partial charge >= 0.3 is 0 Å². The fourth-order valence-electron chi connectivity index (χ4n) is 2.52. The molecule has 2 rings (SSSR count). The summed E-state index contributed by atoms with van der Waals surface area (Å²) in [5.74, 6) is 1.71. The number of amides is 1. The Bertz CT molecular complexity index is 687. The number of carbonyl (C=O) groups is 1. The molecule has 0 saturated carbocycles. The van der Waals surface area contributed by atoms with Gasteiger partial charge in [0.05, 0.1) is 21.3 Å². The molecule has 5 nitrogen and oxygen atoms in total. The van der Waals surface area contributed by atoms with E-state index in [1.807, 2.05) is 43.3 Å². The second-order valence-corrected chi connectivity index (χ2v) is 5.35. The maximum Gasteiger partial charge on any atom is 0.251 e. The van der Waals surface area contributed by atoms with Crippen molar-refractivity contribution < 1.29 is 19.0 Å². The highest BCUT2D eigenvalue weighted by atomic mass is 16.5. The Balaban J connectivity index is 2.04. The first-order chi connectivity index (χ1) is 11.6. The highest BCUT2D eigenvalue weighted by Gasteiger charge is 2.13. The van der Waals surface area contributed by atoms with E-state index >= 15 is 0 Å². The van der Waals surface area contributed by atoms with E-state index in [0.717, 1.165) is 11.1 Å². The van der Waals surface area contributed by atoms with Crippen LogP contribution >= 0.6 is 0 Å². The van der Waals surface area contributed by atoms with Gasteiger partial charge in [-0.15, -0.1) is 0 Å². The van der Waals surface area contributed by atoms with Crippen molar-refractivity contribution in [3.05, 3.63) is 53.1 Å². The van der Waals surface area contributed by atoms with Crippen LogP contribution in [-0.4, -0.2) is 33.8 Å². The molecule has 0 heterocycles. The summed E-state index contributed by atoms with van der Waals surface area (Å²) < 4.78 is 16.0. The normalized spacial score (nSPS) is 10.2. The Morgan fingerprint density at radius 3 is 2.17 bits per heavy atom. The molecular formula is C19H23NO4. The van der Waals surface area contributed by atoms with E-state index < -0.39 is 0 Å². The van der Waals surface area contributed by atoms with Gasteiger partial charge in [0, 0.05) is 12.1 Å². The third-order valence-electron chi connectivity index (χ3n) is 3.81. The lowest BCUT2D eigenvalue weighted by Gasteiger charge is -2.14. The highest BCUT2D eigenvalue weighted by Crippen LogP contribution is 2.38. The molecule has 0 atom stereocenters. The van der Waals surface area contributed by atoms with Crippen LogP contribution in [0.2, 0.25) is 0 Å². The molecule has 1 N–H and O–H groups in total. The fraction of sp³-hybridized carbons (Fsp3) is 0.316. The van der Waals surface area contributed by atoms with Crippen molar-refractivity contribution in [1.29, 1.82) is 0 Å². The lowest BCUT2D eigenvalue weighted by atomic mass is 10.1. The number of ether oxygens (including phenoxy) is 3. The fourth-order valence-corrected chi connectivity index (χ4v) is 2.52. The van der Waals surface area contributed by atoms with Gasteiger partial charge in [-0.05, 0) is 42.7 Å². The van der Waals surface area contributed by atoms with Crippen molar-refractivity contribution in [2.75, 3.05) is 27.9 Å². The summed E-state index contributed by atoms with van der Waals surface area (Å²) in [5, 5.41) is 2.94.